The molecule has 0 aliphatic rings. The molecule has 5 heteroatoms. The van der Waals surface area contributed by atoms with Gasteiger partial charge in [0, 0.05) is 12.7 Å². The van der Waals surface area contributed by atoms with E-state index in [1.54, 1.807) is 6.07 Å². The van der Waals surface area contributed by atoms with Crippen molar-refractivity contribution in [3.05, 3.63) is 28.2 Å². The summed E-state index contributed by atoms with van der Waals surface area (Å²) in [5, 5.41) is 11.1. The molecule has 1 amide bonds. The molecule has 0 spiro atoms. The lowest BCUT2D eigenvalue weighted by Gasteiger charge is -2.11. The largest absolute Gasteiger partial charge is 0.457 e. The Morgan fingerprint density at radius 1 is 1.31 bits per heavy atom. The zero-order valence-electron chi connectivity index (χ0n) is 6.75. The predicted octanol–water partition coefficient (Wildman–Crippen LogP) is 2.98. The van der Waals surface area contributed by atoms with Gasteiger partial charge in [0.15, 0.2) is 0 Å². The molecular weight excluding hydrogens is 213 g/mol. The number of benzene rings is 1. The van der Waals surface area contributed by atoms with Crippen LogP contribution in [-0.4, -0.2) is 13.1 Å². The summed E-state index contributed by atoms with van der Waals surface area (Å²) in [5.41, 5.74) is 0.425. The highest BCUT2D eigenvalue weighted by Crippen LogP contribution is 2.26. The van der Waals surface area contributed by atoms with Gasteiger partial charge in [-0.2, -0.15) is 0 Å². The number of amides is 1. The number of anilines is 1. The van der Waals surface area contributed by atoms with E-state index in [1.807, 2.05) is 0 Å². The monoisotopic (exact) mass is 218 g/mol. The molecule has 0 aromatic heterocycles. The Labute approximate surface area is 85.5 Å². The molecule has 0 N–H and O–H groups in total. The second-order valence-electron chi connectivity index (χ2n) is 2.42. The second kappa shape index (κ2) is 3.85. The van der Waals surface area contributed by atoms with Crippen LogP contribution in [0.5, 0.6) is 0 Å². The summed E-state index contributed by atoms with van der Waals surface area (Å²) < 4.78 is 0. The van der Waals surface area contributed by atoms with Gasteiger partial charge in [-0.3, -0.25) is 4.90 Å². The van der Waals surface area contributed by atoms with E-state index in [9.17, 15) is 9.90 Å². The van der Waals surface area contributed by atoms with E-state index >= 15 is 0 Å². The maximum absolute atomic E-state index is 10.4. The van der Waals surface area contributed by atoms with Gasteiger partial charge in [0.1, 0.15) is 0 Å². The molecule has 0 aliphatic heterocycles. The lowest BCUT2D eigenvalue weighted by atomic mass is 10.3. The third-order valence-corrected chi connectivity index (χ3v) is 2.30. The topological polar surface area (TPSA) is 40.2 Å². The highest BCUT2D eigenvalue weighted by molar-refractivity contribution is 6.42. The lowest BCUT2D eigenvalue weighted by molar-refractivity contribution is 0.178. The summed E-state index contributed by atoms with van der Waals surface area (Å²) in [7, 11) is 1.37. The molecule has 0 heterocycles. The first kappa shape index (κ1) is 10.2. The SMILES string of the molecule is CN(C([O])=O)c1ccc(Cl)c(Cl)c1. The van der Waals surface area contributed by atoms with Gasteiger partial charge < -0.3 is 0 Å². The number of hydrogen-bond donors (Lipinski definition) is 0. The molecular formula is C8H6Cl2NO2. The first-order valence-electron chi connectivity index (χ1n) is 3.42. The molecule has 0 unspecified atom stereocenters. The van der Waals surface area contributed by atoms with Crippen LogP contribution in [0.1, 0.15) is 0 Å². The minimum Gasteiger partial charge on any atom is -0.278 e. The number of nitrogens with zero attached hydrogens (tertiary/aromatic N) is 1. The average molecular weight is 219 g/mol. The van der Waals surface area contributed by atoms with Crippen LogP contribution in [0.2, 0.25) is 10.0 Å². The Kier molecular flexibility index (Phi) is 3.01. The van der Waals surface area contributed by atoms with Crippen molar-refractivity contribution in [3.8, 4) is 0 Å². The Hall–Kier alpha value is -0.930. The summed E-state index contributed by atoms with van der Waals surface area (Å²) in [4.78, 5) is 11.4. The van der Waals surface area contributed by atoms with E-state index < -0.39 is 6.09 Å². The Bertz CT molecular complexity index is 341. The third-order valence-electron chi connectivity index (χ3n) is 1.56. The molecule has 0 saturated carbocycles. The minimum atomic E-state index is -1.29. The van der Waals surface area contributed by atoms with E-state index in [2.05, 4.69) is 0 Å². The zero-order valence-corrected chi connectivity index (χ0v) is 8.26. The Morgan fingerprint density at radius 2 is 1.92 bits per heavy atom. The zero-order chi connectivity index (χ0) is 10.0. The summed E-state index contributed by atoms with van der Waals surface area (Å²) >= 11 is 11.3. The highest BCUT2D eigenvalue weighted by atomic mass is 35.5. The van der Waals surface area contributed by atoms with E-state index in [1.165, 1.54) is 19.2 Å². The summed E-state index contributed by atoms with van der Waals surface area (Å²) in [6, 6.07) is 4.53. The van der Waals surface area contributed by atoms with Gasteiger partial charge in [0.2, 0.25) is 0 Å². The minimum absolute atomic E-state index is 0.312. The quantitative estimate of drug-likeness (QED) is 0.715. The van der Waals surface area contributed by atoms with Gasteiger partial charge in [0.25, 0.3) is 0 Å². The molecule has 1 aromatic rings. The fourth-order valence-electron chi connectivity index (χ4n) is 0.799. The van der Waals surface area contributed by atoms with Crippen molar-refractivity contribution in [2.45, 2.75) is 0 Å². The lowest BCUT2D eigenvalue weighted by Crippen LogP contribution is -2.22. The van der Waals surface area contributed by atoms with Gasteiger partial charge in [-0.15, -0.1) is 0 Å². The number of carbonyl (C=O) groups excluding carboxylic acids is 1. The molecule has 1 aromatic carbocycles. The van der Waals surface area contributed by atoms with Crippen molar-refractivity contribution in [2.75, 3.05) is 11.9 Å². The van der Waals surface area contributed by atoms with Crippen LogP contribution < -0.4 is 4.90 Å². The molecule has 0 atom stereocenters. The molecule has 1 rings (SSSR count). The smallest absolute Gasteiger partial charge is 0.278 e. The number of carbonyl (C=O) groups is 1. The van der Waals surface area contributed by atoms with E-state index in [0.29, 0.717) is 15.7 Å². The summed E-state index contributed by atoms with van der Waals surface area (Å²) in [5.74, 6) is 0. The van der Waals surface area contributed by atoms with Crippen molar-refractivity contribution in [3.63, 3.8) is 0 Å². The van der Waals surface area contributed by atoms with Gasteiger partial charge in [-0.25, -0.2) is 9.90 Å². The van der Waals surface area contributed by atoms with Crippen molar-refractivity contribution < 1.29 is 9.90 Å². The molecule has 0 aliphatic carbocycles. The van der Waals surface area contributed by atoms with Gasteiger partial charge in [-0.1, -0.05) is 23.2 Å². The van der Waals surface area contributed by atoms with Crippen LogP contribution in [0.25, 0.3) is 0 Å². The summed E-state index contributed by atoms with van der Waals surface area (Å²) in [6.45, 7) is 0. The van der Waals surface area contributed by atoms with Crippen molar-refractivity contribution in [2.24, 2.45) is 0 Å². The fourth-order valence-corrected chi connectivity index (χ4v) is 1.09. The van der Waals surface area contributed by atoms with Crippen LogP contribution in [0.3, 0.4) is 0 Å². The highest BCUT2D eigenvalue weighted by Gasteiger charge is 2.11. The normalized spacial score (nSPS) is 9.77. The molecule has 3 nitrogen and oxygen atoms in total. The van der Waals surface area contributed by atoms with Gasteiger partial charge in [0.05, 0.1) is 10.0 Å². The Morgan fingerprint density at radius 3 is 2.38 bits per heavy atom. The van der Waals surface area contributed by atoms with Crippen molar-refractivity contribution in [1.29, 1.82) is 0 Å². The molecule has 0 saturated heterocycles. The van der Waals surface area contributed by atoms with Gasteiger partial charge >= 0.3 is 6.09 Å². The maximum Gasteiger partial charge on any atom is 0.457 e. The number of hydrogen-bond acceptors (Lipinski definition) is 1. The van der Waals surface area contributed by atoms with E-state index in [-0.39, 0.29) is 0 Å². The van der Waals surface area contributed by atoms with Crippen LogP contribution in [-0.2, 0) is 5.11 Å². The molecule has 13 heavy (non-hydrogen) atoms. The van der Waals surface area contributed by atoms with E-state index in [4.69, 9.17) is 23.2 Å². The third kappa shape index (κ3) is 2.26. The van der Waals surface area contributed by atoms with Crippen LogP contribution >= 0.6 is 23.2 Å². The maximum atomic E-state index is 10.4. The molecule has 0 bridgehead atoms. The number of rotatable bonds is 1. The second-order valence-corrected chi connectivity index (χ2v) is 3.24. The fraction of sp³-hybridized carbons (Fsp3) is 0.125. The van der Waals surface area contributed by atoms with Crippen LogP contribution in [0.4, 0.5) is 10.5 Å². The molecule has 1 radical (unpaired) electrons. The molecule has 0 fully saturated rings. The van der Waals surface area contributed by atoms with E-state index in [0.717, 1.165) is 4.90 Å². The first-order valence-corrected chi connectivity index (χ1v) is 4.17. The standard InChI is InChI=1S/C8H6Cl2NO2/c1-11(8(12)13)5-2-3-6(9)7(10)4-5/h2-4H,1H3. The van der Waals surface area contributed by atoms with Crippen LogP contribution in [0.15, 0.2) is 18.2 Å². The average Bonchev–Trinajstić information content (AvgIpc) is 2.08. The summed E-state index contributed by atoms with van der Waals surface area (Å²) in [6.07, 6.45) is -1.29. The Balaban J connectivity index is 3.03. The van der Waals surface area contributed by atoms with Crippen molar-refractivity contribution in [1.82, 2.24) is 0 Å². The first-order chi connectivity index (χ1) is 6.02. The van der Waals surface area contributed by atoms with Crippen LogP contribution in [0, 0.1) is 0 Å². The number of halogens is 2. The molecule has 69 valence electrons. The van der Waals surface area contributed by atoms with Crippen molar-refractivity contribution >= 4 is 35.0 Å². The van der Waals surface area contributed by atoms with Gasteiger partial charge in [-0.05, 0) is 18.2 Å². The predicted molar refractivity (Wildman–Crippen MR) is 50.9 cm³/mol.